The third kappa shape index (κ3) is 6.28. The molecule has 2 rings (SSSR count). The molecule has 150 valence electrons. The number of nitrogens with one attached hydrogen (secondary N) is 1. The van der Waals surface area contributed by atoms with E-state index in [0.29, 0.717) is 23.7 Å². The second-order valence-corrected chi connectivity index (χ2v) is 8.03. The van der Waals surface area contributed by atoms with E-state index in [2.05, 4.69) is 30.4 Å². The van der Waals surface area contributed by atoms with Gasteiger partial charge < -0.3 is 10.2 Å². The predicted octanol–water partition coefficient (Wildman–Crippen LogP) is 4.44. The third-order valence-corrected chi connectivity index (χ3v) is 5.86. The van der Waals surface area contributed by atoms with Crippen LogP contribution in [0.1, 0.15) is 30.0 Å². The summed E-state index contributed by atoms with van der Waals surface area (Å²) < 4.78 is 0. The van der Waals surface area contributed by atoms with E-state index in [0.717, 1.165) is 11.3 Å². The Morgan fingerprint density at radius 2 is 1.93 bits per heavy atom. The molecule has 1 unspecified atom stereocenters. The van der Waals surface area contributed by atoms with Crippen LogP contribution in [0.2, 0.25) is 5.02 Å². The van der Waals surface area contributed by atoms with Crippen molar-refractivity contribution in [3.63, 3.8) is 0 Å². The molecule has 0 aliphatic rings. The molecule has 2 amide bonds. The zero-order chi connectivity index (χ0) is 20.5. The Hall–Kier alpha value is -1.98. The number of carbonyl (C=O) groups is 2. The van der Waals surface area contributed by atoms with Crippen LogP contribution >= 0.6 is 23.4 Å². The molecule has 2 aromatic carbocycles. The lowest BCUT2D eigenvalue weighted by atomic mass is 10.1. The Labute approximate surface area is 176 Å². The maximum Gasteiger partial charge on any atom is 0.242 e. The second-order valence-electron chi connectivity index (χ2n) is 6.63. The maximum atomic E-state index is 13.0. The molecular weight excluding hydrogens is 392 g/mol. The first-order chi connectivity index (χ1) is 13.5. The van der Waals surface area contributed by atoms with Gasteiger partial charge in [0.05, 0.1) is 5.75 Å². The molecule has 0 fully saturated rings. The van der Waals surface area contributed by atoms with Gasteiger partial charge in [-0.2, -0.15) is 0 Å². The van der Waals surface area contributed by atoms with Crippen LogP contribution in [0.25, 0.3) is 0 Å². The molecule has 1 atom stereocenters. The van der Waals surface area contributed by atoms with Crippen LogP contribution in [-0.4, -0.2) is 35.6 Å². The number of hydrogen-bond donors (Lipinski definition) is 1. The van der Waals surface area contributed by atoms with Crippen molar-refractivity contribution in [3.8, 4) is 0 Å². The Balaban J connectivity index is 2.11. The molecule has 0 saturated carbocycles. The Morgan fingerprint density at radius 1 is 1.18 bits per heavy atom. The molecule has 2 aromatic rings. The summed E-state index contributed by atoms with van der Waals surface area (Å²) in [5, 5.41) is 3.26. The highest BCUT2D eigenvalue weighted by Crippen LogP contribution is 2.21. The first-order valence-corrected chi connectivity index (χ1v) is 10.9. The number of halogens is 1. The molecule has 28 heavy (non-hydrogen) atoms. The second kappa shape index (κ2) is 11.1. The third-order valence-electron chi connectivity index (χ3n) is 4.51. The number of hydrogen-bond acceptors (Lipinski definition) is 3. The van der Waals surface area contributed by atoms with Crippen molar-refractivity contribution >= 4 is 35.2 Å². The summed E-state index contributed by atoms with van der Waals surface area (Å²) in [6.45, 7) is 4.28. The Morgan fingerprint density at radius 3 is 2.57 bits per heavy atom. The zero-order valence-corrected chi connectivity index (χ0v) is 18.1. The fourth-order valence-corrected chi connectivity index (χ4v) is 4.09. The first kappa shape index (κ1) is 22.3. The summed E-state index contributed by atoms with van der Waals surface area (Å²) >= 11 is 7.85. The van der Waals surface area contributed by atoms with Crippen molar-refractivity contribution < 1.29 is 9.59 Å². The van der Waals surface area contributed by atoms with Crippen molar-refractivity contribution in [2.45, 2.75) is 38.6 Å². The van der Waals surface area contributed by atoms with Gasteiger partial charge in [-0.05, 0) is 30.5 Å². The van der Waals surface area contributed by atoms with Gasteiger partial charge in [0, 0.05) is 24.4 Å². The molecule has 0 spiro atoms. The van der Waals surface area contributed by atoms with Crippen LogP contribution in [0.3, 0.4) is 0 Å². The van der Waals surface area contributed by atoms with Crippen LogP contribution in [0.15, 0.2) is 48.5 Å². The van der Waals surface area contributed by atoms with E-state index in [4.69, 9.17) is 11.6 Å². The number of aryl methyl sites for hydroxylation is 1. The molecular formula is C22H27ClN2O2S. The highest BCUT2D eigenvalue weighted by molar-refractivity contribution is 7.99. The number of amides is 2. The Bertz CT molecular complexity index is 813. The lowest BCUT2D eigenvalue weighted by molar-refractivity contribution is -0.139. The normalized spacial score (nSPS) is 11.7. The Kier molecular flexibility index (Phi) is 8.87. The highest BCUT2D eigenvalue weighted by Gasteiger charge is 2.28. The fraction of sp³-hybridized carbons (Fsp3) is 0.364. The minimum Gasteiger partial charge on any atom is -0.357 e. The fourth-order valence-electron chi connectivity index (χ4n) is 3.04. The number of rotatable bonds is 9. The SMILES string of the molecule is CCC(C(=O)NC)N(Cc1ccccc1Cl)C(=O)CSCc1cccc(C)c1. The van der Waals surface area contributed by atoms with E-state index in [1.54, 1.807) is 29.8 Å². The number of nitrogens with zero attached hydrogens (tertiary/aromatic N) is 1. The summed E-state index contributed by atoms with van der Waals surface area (Å²) in [6.07, 6.45) is 0.540. The molecule has 0 aliphatic heterocycles. The van der Waals surface area contributed by atoms with Crippen molar-refractivity contribution in [1.29, 1.82) is 0 Å². The van der Waals surface area contributed by atoms with Crippen molar-refractivity contribution in [2.75, 3.05) is 12.8 Å². The highest BCUT2D eigenvalue weighted by atomic mass is 35.5. The van der Waals surface area contributed by atoms with Gasteiger partial charge in [0.15, 0.2) is 0 Å². The summed E-state index contributed by atoms with van der Waals surface area (Å²) in [5.41, 5.74) is 3.23. The monoisotopic (exact) mass is 418 g/mol. The molecule has 0 saturated heterocycles. The van der Waals surface area contributed by atoms with E-state index in [1.165, 1.54) is 11.1 Å². The lowest BCUT2D eigenvalue weighted by Crippen LogP contribution is -2.48. The van der Waals surface area contributed by atoms with Crippen LogP contribution in [0, 0.1) is 6.92 Å². The van der Waals surface area contributed by atoms with Crippen molar-refractivity contribution in [1.82, 2.24) is 10.2 Å². The average Bonchev–Trinajstić information content (AvgIpc) is 2.69. The van der Waals surface area contributed by atoms with E-state index in [9.17, 15) is 9.59 Å². The van der Waals surface area contributed by atoms with Gasteiger partial charge in [0.1, 0.15) is 6.04 Å². The summed E-state index contributed by atoms with van der Waals surface area (Å²) in [4.78, 5) is 27.0. The van der Waals surface area contributed by atoms with Gasteiger partial charge in [-0.15, -0.1) is 11.8 Å². The maximum absolute atomic E-state index is 13.0. The minimum absolute atomic E-state index is 0.0620. The topological polar surface area (TPSA) is 49.4 Å². The zero-order valence-electron chi connectivity index (χ0n) is 16.6. The molecule has 1 N–H and O–H groups in total. The van der Waals surface area contributed by atoms with Gasteiger partial charge in [0.25, 0.3) is 0 Å². The molecule has 0 aromatic heterocycles. The smallest absolute Gasteiger partial charge is 0.242 e. The molecule has 6 heteroatoms. The summed E-state index contributed by atoms with van der Waals surface area (Å²) in [5.74, 6) is 0.843. The number of benzene rings is 2. The molecule has 0 heterocycles. The molecule has 0 bridgehead atoms. The van der Waals surface area contributed by atoms with E-state index >= 15 is 0 Å². The number of thioether (sulfide) groups is 1. The van der Waals surface area contributed by atoms with Crippen LogP contribution in [0.4, 0.5) is 0 Å². The largest absolute Gasteiger partial charge is 0.357 e. The molecule has 4 nitrogen and oxygen atoms in total. The van der Waals surface area contributed by atoms with Gasteiger partial charge in [0.2, 0.25) is 11.8 Å². The van der Waals surface area contributed by atoms with E-state index < -0.39 is 6.04 Å². The molecule has 0 aliphatic carbocycles. The standard InChI is InChI=1S/C22H27ClN2O2S/c1-4-20(22(27)24-3)25(13-18-10-5-6-11-19(18)23)21(26)15-28-14-17-9-7-8-16(2)12-17/h5-12,20H,4,13-15H2,1-3H3,(H,24,27). The summed E-state index contributed by atoms with van der Waals surface area (Å²) in [6, 6.07) is 15.2. The van der Waals surface area contributed by atoms with E-state index in [-0.39, 0.29) is 11.8 Å². The van der Waals surface area contributed by atoms with Crippen molar-refractivity contribution in [2.24, 2.45) is 0 Å². The molecule has 0 radical (unpaired) electrons. The van der Waals surface area contributed by atoms with Gasteiger partial charge in [-0.1, -0.05) is 66.6 Å². The van der Waals surface area contributed by atoms with E-state index in [1.807, 2.05) is 31.2 Å². The lowest BCUT2D eigenvalue weighted by Gasteiger charge is -2.30. The quantitative estimate of drug-likeness (QED) is 0.655. The number of carbonyl (C=O) groups excluding carboxylic acids is 2. The first-order valence-electron chi connectivity index (χ1n) is 9.34. The van der Waals surface area contributed by atoms with Crippen LogP contribution < -0.4 is 5.32 Å². The van der Waals surface area contributed by atoms with Crippen molar-refractivity contribution in [3.05, 3.63) is 70.2 Å². The summed E-state index contributed by atoms with van der Waals surface area (Å²) in [7, 11) is 1.59. The van der Waals surface area contributed by atoms with Crippen LogP contribution in [-0.2, 0) is 21.9 Å². The van der Waals surface area contributed by atoms with Gasteiger partial charge in [-0.3, -0.25) is 9.59 Å². The predicted molar refractivity (Wildman–Crippen MR) is 117 cm³/mol. The number of likely N-dealkylation sites (N-methyl/N-ethyl adjacent to an activating group) is 1. The van der Waals surface area contributed by atoms with Gasteiger partial charge >= 0.3 is 0 Å². The minimum atomic E-state index is -0.520. The van der Waals surface area contributed by atoms with Gasteiger partial charge in [-0.25, -0.2) is 0 Å². The van der Waals surface area contributed by atoms with Crippen LogP contribution in [0.5, 0.6) is 0 Å². The average molecular weight is 419 g/mol.